The van der Waals surface area contributed by atoms with Crippen LogP contribution < -0.4 is 0 Å². The van der Waals surface area contributed by atoms with E-state index in [4.69, 9.17) is 15.5 Å². The van der Waals surface area contributed by atoms with Crippen LogP contribution in [-0.4, -0.2) is 35.3 Å². The molecule has 0 unspecified atom stereocenters. The first-order valence-corrected chi connectivity index (χ1v) is 5.66. The van der Waals surface area contributed by atoms with Crippen molar-refractivity contribution in [3.05, 3.63) is 0 Å². The van der Waals surface area contributed by atoms with Crippen molar-refractivity contribution in [1.82, 2.24) is 0 Å². The van der Waals surface area contributed by atoms with E-state index in [9.17, 15) is 0 Å². The highest BCUT2D eigenvalue weighted by Crippen LogP contribution is 2.34. The van der Waals surface area contributed by atoms with E-state index in [1.807, 2.05) is 0 Å². The number of aliphatic hydroxyl groups is 2. The van der Waals surface area contributed by atoms with Crippen LogP contribution in [0.2, 0.25) is 0 Å². The second-order valence-corrected chi connectivity index (χ2v) is 4.40. The maximum atomic E-state index is 8.81. The molecule has 0 aromatic heterocycles. The molecule has 0 fully saturated rings. The molecule has 0 bridgehead atoms. The van der Waals surface area contributed by atoms with Gasteiger partial charge in [0, 0.05) is 13.2 Å². The quantitative estimate of drug-likeness (QED) is 0.298. The van der Waals surface area contributed by atoms with Crippen molar-refractivity contribution in [2.75, 3.05) is 19.8 Å². The predicted molar refractivity (Wildman–Crippen MR) is 58.6 cm³/mol. The third-order valence-electron chi connectivity index (χ3n) is 2.89. The summed E-state index contributed by atoms with van der Waals surface area (Å²) in [6, 6.07) is 0. The SMILES string of the molecule is CC(CCCO)(CCCO)CCCOO. The largest absolute Gasteiger partial charge is 0.396 e. The summed E-state index contributed by atoms with van der Waals surface area (Å²) >= 11 is 0. The van der Waals surface area contributed by atoms with Crippen LogP contribution in [0.5, 0.6) is 0 Å². The molecular weight excluding hydrogens is 196 g/mol. The van der Waals surface area contributed by atoms with Crippen LogP contribution in [0.25, 0.3) is 0 Å². The Labute approximate surface area is 91.8 Å². The van der Waals surface area contributed by atoms with Gasteiger partial charge in [-0.15, -0.1) is 0 Å². The Morgan fingerprint density at radius 1 is 0.933 bits per heavy atom. The van der Waals surface area contributed by atoms with Crippen molar-refractivity contribution in [3.63, 3.8) is 0 Å². The van der Waals surface area contributed by atoms with Gasteiger partial charge in [-0.05, 0) is 43.9 Å². The molecule has 0 atom stereocenters. The standard InChI is InChI=1S/C11H24O4/c1-11(5-2-8-12,6-3-9-13)7-4-10-15-14/h12-14H,2-10H2,1H3. The molecule has 0 aliphatic heterocycles. The molecule has 4 heteroatoms. The minimum absolute atomic E-state index is 0.143. The van der Waals surface area contributed by atoms with Gasteiger partial charge in [-0.3, -0.25) is 5.26 Å². The smallest absolute Gasteiger partial charge is 0.0820 e. The number of hydrogen-bond donors (Lipinski definition) is 3. The summed E-state index contributed by atoms with van der Waals surface area (Å²) in [4.78, 5) is 4.05. The molecule has 0 rings (SSSR count). The minimum atomic E-state index is 0.143. The number of aliphatic hydroxyl groups excluding tert-OH is 2. The Bertz CT molecular complexity index is 131. The first-order chi connectivity index (χ1) is 7.18. The second-order valence-electron chi connectivity index (χ2n) is 4.40. The third-order valence-corrected chi connectivity index (χ3v) is 2.89. The second kappa shape index (κ2) is 9.09. The van der Waals surface area contributed by atoms with Gasteiger partial charge in [0.25, 0.3) is 0 Å². The Hall–Kier alpha value is -0.160. The Balaban J connectivity index is 3.89. The van der Waals surface area contributed by atoms with E-state index in [2.05, 4.69) is 11.8 Å². The number of hydrogen-bond acceptors (Lipinski definition) is 4. The van der Waals surface area contributed by atoms with Gasteiger partial charge < -0.3 is 10.2 Å². The fourth-order valence-corrected chi connectivity index (χ4v) is 1.95. The molecule has 0 saturated heterocycles. The normalized spacial score (nSPS) is 12.0. The molecule has 0 aliphatic rings. The van der Waals surface area contributed by atoms with Crippen LogP contribution in [0.15, 0.2) is 0 Å². The molecule has 3 N–H and O–H groups in total. The lowest BCUT2D eigenvalue weighted by Gasteiger charge is -2.29. The molecule has 0 heterocycles. The zero-order valence-corrected chi connectivity index (χ0v) is 9.61. The highest BCUT2D eigenvalue weighted by molar-refractivity contribution is 4.74. The van der Waals surface area contributed by atoms with Gasteiger partial charge in [0.05, 0.1) is 6.61 Å². The predicted octanol–water partition coefficient (Wildman–Crippen LogP) is 1.81. The van der Waals surface area contributed by atoms with Gasteiger partial charge in [-0.25, -0.2) is 4.89 Å². The van der Waals surface area contributed by atoms with Crippen LogP contribution >= 0.6 is 0 Å². The van der Waals surface area contributed by atoms with Gasteiger partial charge in [-0.1, -0.05) is 6.92 Å². The topological polar surface area (TPSA) is 69.9 Å². The summed E-state index contributed by atoms with van der Waals surface area (Å²) in [7, 11) is 0. The van der Waals surface area contributed by atoms with E-state index in [1.165, 1.54) is 0 Å². The average molecular weight is 220 g/mol. The summed E-state index contributed by atoms with van der Waals surface area (Å²) in [6.45, 7) is 2.94. The van der Waals surface area contributed by atoms with Crippen molar-refractivity contribution in [2.24, 2.45) is 5.41 Å². The highest BCUT2D eigenvalue weighted by atomic mass is 17.1. The van der Waals surface area contributed by atoms with Crippen LogP contribution in [0.3, 0.4) is 0 Å². The molecule has 92 valence electrons. The van der Waals surface area contributed by atoms with Gasteiger partial charge in [0.2, 0.25) is 0 Å². The Kier molecular flexibility index (Phi) is 9.00. The van der Waals surface area contributed by atoms with Gasteiger partial charge in [0.1, 0.15) is 0 Å². The van der Waals surface area contributed by atoms with Gasteiger partial charge >= 0.3 is 0 Å². The summed E-state index contributed by atoms with van der Waals surface area (Å²) in [6.07, 6.45) is 5.26. The molecular formula is C11H24O4. The van der Waals surface area contributed by atoms with Crippen molar-refractivity contribution in [3.8, 4) is 0 Å². The molecule has 0 saturated carbocycles. The molecule has 0 aromatic carbocycles. The molecule has 4 nitrogen and oxygen atoms in total. The van der Waals surface area contributed by atoms with Crippen LogP contribution in [0, 0.1) is 5.41 Å². The summed E-state index contributed by atoms with van der Waals surface area (Å²) < 4.78 is 0. The molecule has 0 aromatic rings. The van der Waals surface area contributed by atoms with E-state index in [0.29, 0.717) is 6.61 Å². The zero-order chi connectivity index (χ0) is 11.6. The molecule has 0 spiro atoms. The summed E-state index contributed by atoms with van der Waals surface area (Å²) in [5.74, 6) is 0. The van der Waals surface area contributed by atoms with Crippen LogP contribution in [0.1, 0.15) is 45.4 Å². The zero-order valence-electron chi connectivity index (χ0n) is 9.61. The van der Waals surface area contributed by atoms with Gasteiger partial charge in [0.15, 0.2) is 0 Å². The summed E-state index contributed by atoms with van der Waals surface area (Å²) in [5.41, 5.74) is 0.143. The van der Waals surface area contributed by atoms with E-state index in [1.54, 1.807) is 0 Å². The lowest BCUT2D eigenvalue weighted by atomic mass is 9.77. The van der Waals surface area contributed by atoms with Gasteiger partial charge in [-0.2, -0.15) is 0 Å². The fraction of sp³-hybridized carbons (Fsp3) is 1.00. The van der Waals surface area contributed by atoms with Crippen molar-refractivity contribution < 1.29 is 20.4 Å². The lowest BCUT2D eigenvalue weighted by Crippen LogP contribution is -2.18. The average Bonchev–Trinajstić information content (AvgIpc) is 2.24. The first kappa shape index (κ1) is 14.8. The maximum Gasteiger partial charge on any atom is 0.0820 e. The third kappa shape index (κ3) is 7.73. The molecule has 0 radical (unpaired) electrons. The monoisotopic (exact) mass is 220 g/mol. The Morgan fingerprint density at radius 2 is 1.40 bits per heavy atom. The number of rotatable bonds is 10. The van der Waals surface area contributed by atoms with Crippen LogP contribution in [0.4, 0.5) is 0 Å². The fourth-order valence-electron chi connectivity index (χ4n) is 1.95. The van der Waals surface area contributed by atoms with E-state index in [0.717, 1.165) is 38.5 Å². The highest BCUT2D eigenvalue weighted by Gasteiger charge is 2.22. The molecule has 15 heavy (non-hydrogen) atoms. The Morgan fingerprint density at radius 3 is 1.80 bits per heavy atom. The lowest BCUT2D eigenvalue weighted by molar-refractivity contribution is -0.243. The minimum Gasteiger partial charge on any atom is -0.396 e. The molecule has 0 aliphatic carbocycles. The first-order valence-electron chi connectivity index (χ1n) is 5.66. The van der Waals surface area contributed by atoms with Crippen molar-refractivity contribution >= 4 is 0 Å². The van der Waals surface area contributed by atoms with Crippen molar-refractivity contribution in [2.45, 2.75) is 45.4 Å². The van der Waals surface area contributed by atoms with Crippen LogP contribution in [-0.2, 0) is 4.89 Å². The van der Waals surface area contributed by atoms with Crippen molar-refractivity contribution in [1.29, 1.82) is 0 Å². The summed E-state index contributed by atoms with van der Waals surface area (Å²) in [5, 5.41) is 25.9. The van der Waals surface area contributed by atoms with E-state index < -0.39 is 0 Å². The molecule has 0 amide bonds. The van der Waals surface area contributed by atoms with E-state index in [-0.39, 0.29) is 18.6 Å². The maximum absolute atomic E-state index is 8.81. The van der Waals surface area contributed by atoms with E-state index >= 15 is 0 Å².